The molecule has 102 valence electrons. The van der Waals surface area contributed by atoms with Crippen LogP contribution in [0.15, 0.2) is 53.4 Å². The topological polar surface area (TPSA) is 55.1 Å². The number of nitrogens with two attached hydrogens (primary N) is 1. The number of amides is 1. The van der Waals surface area contributed by atoms with Crippen molar-refractivity contribution in [2.45, 2.75) is 16.2 Å². The summed E-state index contributed by atoms with van der Waals surface area (Å²) in [6.45, 7) is 0. The fourth-order valence-electron chi connectivity index (χ4n) is 2.22. The molecule has 1 aliphatic heterocycles. The van der Waals surface area contributed by atoms with Crippen LogP contribution in [-0.4, -0.2) is 5.91 Å². The predicted octanol–water partition coefficient (Wildman–Crippen LogP) is 3.59. The number of halogens is 1. The molecule has 1 atom stereocenters. The molecule has 2 aromatic rings. The lowest BCUT2D eigenvalue weighted by Crippen LogP contribution is -2.35. The van der Waals surface area contributed by atoms with E-state index in [0.717, 1.165) is 16.1 Å². The number of benzene rings is 2. The van der Waals surface area contributed by atoms with Crippen LogP contribution < -0.4 is 11.1 Å². The number of carbonyl (C=O) groups excluding carboxylic acids is 1. The molecule has 0 saturated carbocycles. The summed E-state index contributed by atoms with van der Waals surface area (Å²) in [5.41, 5.74) is 8.19. The molecule has 3 N–H and O–H groups in total. The lowest BCUT2D eigenvalue weighted by atomic mass is 10.0. The smallest absolute Gasteiger partial charge is 0.227 e. The quantitative estimate of drug-likeness (QED) is 0.846. The van der Waals surface area contributed by atoms with Crippen molar-refractivity contribution in [3.63, 3.8) is 0 Å². The lowest BCUT2D eigenvalue weighted by molar-refractivity contribution is -0.116. The molecule has 3 nitrogen and oxygen atoms in total. The summed E-state index contributed by atoms with van der Waals surface area (Å²) in [6.07, 6.45) is 0.216. The zero-order valence-electron chi connectivity index (χ0n) is 10.6. The van der Waals surface area contributed by atoms with E-state index in [2.05, 4.69) is 5.32 Å². The van der Waals surface area contributed by atoms with Crippen LogP contribution in [0.4, 0.5) is 5.69 Å². The normalized spacial score (nSPS) is 21.8. The molecule has 3 rings (SSSR count). The van der Waals surface area contributed by atoms with Crippen molar-refractivity contribution in [3.8, 4) is 0 Å². The fourth-order valence-corrected chi connectivity index (χ4v) is 3.57. The molecule has 2 aromatic carbocycles. The number of hydrogen-bond acceptors (Lipinski definition) is 3. The van der Waals surface area contributed by atoms with Gasteiger partial charge in [-0.15, -0.1) is 0 Å². The third-order valence-corrected chi connectivity index (χ3v) is 4.78. The van der Waals surface area contributed by atoms with E-state index in [1.54, 1.807) is 12.1 Å². The number of fused-ring (bicyclic) bond motifs is 1. The minimum absolute atomic E-state index is 0.0834. The first kappa shape index (κ1) is 13.5. The Morgan fingerprint density at radius 1 is 1.15 bits per heavy atom. The Labute approximate surface area is 126 Å². The molecule has 0 spiro atoms. The van der Waals surface area contributed by atoms with Gasteiger partial charge >= 0.3 is 0 Å². The molecular weight excluding hydrogens is 292 g/mol. The van der Waals surface area contributed by atoms with E-state index in [1.807, 2.05) is 36.4 Å². The number of anilines is 1. The van der Waals surface area contributed by atoms with Gasteiger partial charge in [0.25, 0.3) is 0 Å². The van der Waals surface area contributed by atoms with Crippen molar-refractivity contribution < 1.29 is 4.79 Å². The molecule has 1 heterocycles. The Kier molecular flexibility index (Phi) is 3.46. The molecule has 20 heavy (non-hydrogen) atoms. The second kappa shape index (κ2) is 5.13. The Morgan fingerprint density at radius 3 is 2.60 bits per heavy atom. The average Bonchev–Trinajstić information content (AvgIpc) is 2.54. The Balaban J connectivity index is 2.05. The Bertz CT molecular complexity index is 659. The predicted molar refractivity (Wildman–Crippen MR) is 82.9 cm³/mol. The highest BCUT2D eigenvalue weighted by Crippen LogP contribution is 2.45. The fraction of sp³-hybridized carbons (Fsp3) is 0.133. The van der Waals surface area contributed by atoms with Crippen LogP contribution in [0.5, 0.6) is 0 Å². The van der Waals surface area contributed by atoms with Crippen LogP contribution in [0, 0.1) is 0 Å². The van der Waals surface area contributed by atoms with Gasteiger partial charge in [0.2, 0.25) is 5.91 Å². The second-order valence-electron chi connectivity index (χ2n) is 4.72. The highest BCUT2D eigenvalue weighted by molar-refractivity contribution is 8.00. The van der Waals surface area contributed by atoms with E-state index in [4.69, 9.17) is 17.3 Å². The first-order chi connectivity index (χ1) is 9.57. The number of carbonyl (C=O) groups is 1. The zero-order chi connectivity index (χ0) is 14.2. The van der Waals surface area contributed by atoms with Gasteiger partial charge in [-0.05, 0) is 29.8 Å². The first-order valence-corrected chi connectivity index (χ1v) is 7.39. The molecule has 1 aliphatic rings. The molecule has 0 saturated heterocycles. The maximum absolute atomic E-state index is 12.1. The van der Waals surface area contributed by atoms with Crippen molar-refractivity contribution in [2.24, 2.45) is 5.73 Å². The SMILES string of the molecule is NC1(c2ccc(Cl)cc2)CC(=O)Nc2ccccc2S1. The Morgan fingerprint density at radius 2 is 1.85 bits per heavy atom. The van der Waals surface area contributed by atoms with Gasteiger partial charge in [-0.2, -0.15) is 0 Å². The number of rotatable bonds is 1. The summed E-state index contributed by atoms with van der Waals surface area (Å²) in [5, 5.41) is 3.55. The van der Waals surface area contributed by atoms with Crippen LogP contribution in [0.1, 0.15) is 12.0 Å². The van der Waals surface area contributed by atoms with Crippen molar-refractivity contribution in [3.05, 3.63) is 59.1 Å². The van der Waals surface area contributed by atoms with Gasteiger partial charge in [0.1, 0.15) is 4.87 Å². The number of hydrogen-bond donors (Lipinski definition) is 2. The second-order valence-corrected chi connectivity index (χ2v) is 6.53. The molecule has 0 aliphatic carbocycles. The number of thioether (sulfide) groups is 1. The third-order valence-electron chi connectivity index (χ3n) is 3.21. The monoisotopic (exact) mass is 304 g/mol. The summed E-state index contributed by atoms with van der Waals surface area (Å²) in [6, 6.07) is 15.0. The van der Waals surface area contributed by atoms with Crippen LogP contribution in [0.2, 0.25) is 5.02 Å². The summed E-state index contributed by atoms with van der Waals surface area (Å²) >= 11 is 7.41. The van der Waals surface area contributed by atoms with Crippen LogP contribution in [0.25, 0.3) is 0 Å². The van der Waals surface area contributed by atoms with Gasteiger partial charge in [0.05, 0.1) is 12.1 Å². The standard InChI is InChI=1S/C15H13ClN2OS/c16-11-7-5-10(6-8-11)15(17)9-14(19)18-12-3-1-2-4-13(12)20-15/h1-8H,9,17H2,(H,18,19). The van der Waals surface area contributed by atoms with E-state index in [9.17, 15) is 4.79 Å². The van der Waals surface area contributed by atoms with Crippen molar-refractivity contribution in [2.75, 3.05) is 5.32 Å². The maximum atomic E-state index is 12.1. The Hall–Kier alpha value is -1.49. The van der Waals surface area contributed by atoms with Crippen molar-refractivity contribution in [1.82, 2.24) is 0 Å². The van der Waals surface area contributed by atoms with Crippen LogP contribution >= 0.6 is 23.4 Å². The van der Waals surface area contributed by atoms with Crippen molar-refractivity contribution >= 4 is 35.0 Å². The summed E-state index contributed by atoms with van der Waals surface area (Å²) in [5.74, 6) is -0.0834. The van der Waals surface area contributed by atoms with Gasteiger partial charge in [-0.25, -0.2) is 0 Å². The van der Waals surface area contributed by atoms with E-state index >= 15 is 0 Å². The van der Waals surface area contributed by atoms with E-state index in [1.165, 1.54) is 11.8 Å². The molecule has 1 unspecified atom stereocenters. The molecule has 5 heteroatoms. The number of para-hydroxylation sites is 1. The summed E-state index contributed by atoms with van der Waals surface area (Å²) in [4.78, 5) is 12.2. The minimum atomic E-state index is -0.790. The molecule has 0 aromatic heterocycles. The van der Waals surface area contributed by atoms with Crippen LogP contribution in [0.3, 0.4) is 0 Å². The van der Waals surface area contributed by atoms with Crippen molar-refractivity contribution in [1.29, 1.82) is 0 Å². The zero-order valence-corrected chi connectivity index (χ0v) is 12.2. The number of nitrogens with one attached hydrogen (secondary N) is 1. The largest absolute Gasteiger partial charge is 0.325 e. The van der Waals surface area contributed by atoms with Gasteiger partial charge in [-0.1, -0.05) is 47.6 Å². The van der Waals surface area contributed by atoms with E-state index in [-0.39, 0.29) is 12.3 Å². The van der Waals surface area contributed by atoms with E-state index < -0.39 is 4.87 Å². The summed E-state index contributed by atoms with van der Waals surface area (Å²) in [7, 11) is 0. The van der Waals surface area contributed by atoms with Gasteiger partial charge in [0, 0.05) is 9.92 Å². The van der Waals surface area contributed by atoms with Crippen LogP contribution in [-0.2, 0) is 9.67 Å². The maximum Gasteiger partial charge on any atom is 0.227 e. The molecule has 0 bridgehead atoms. The summed E-state index contributed by atoms with van der Waals surface area (Å²) < 4.78 is 0. The molecule has 0 radical (unpaired) electrons. The highest BCUT2D eigenvalue weighted by Gasteiger charge is 2.35. The first-order valence-electron chi connectivity index (χ1n) is 6.20. The minimum Gasteiger partial charge on any atom is -0.325 e. The van der Waals surface area contributed by atoms with E-state index in [0.29, 0.717) is 5.02 Å². The van der Waals surface area contributed by atoms with Gasteiger partial charge in [-0.3, -0.25) is 4.79 Å². The van der Waals surface area contributed by atoms with Gasteiger partial charge in [0.15, 0.2) is 0 Å². The lowest BCUT2D eigenvalue weighted by Gasteiger charge is -2.27. The highest BCUT2D eigenvalue weighted by atomic mass is 35.5. The molecule has 0 fully saturated rings. The molecular formula is C15H13ClN2OS. The third kappa shape index (κ3) is 2.54. The average molecular weight is 305 g/mol. The molecule has 1 amide bonds. The van der Waals surface area contributed by atoms with Gasteiger partial charge < -0.3 is 11.1 Å².